The first kappa shape index (κ1) is 16.8. The highest BCUT2D eigenvalue weighted by Gasteiger charge is 2.17. The maximum Gasteiger partial charge on any atom is 0.268 e. The zero-order chi connectivity index (χ0) is 17.8. The minimum Gasteiger partial charge on any atom is -0.378 e. The van der Waals surface area contributed by atoms with Crippen LogP contribution in [0.5, 0.6) is 0 Å². The fourth-order valence-corrected chi connectivity index (χ4v) is 3.68. The van der Waals surface area contributed by atoms with E-state index in [4.69, 9.17) is 4.74 Å². The van der Waals surface area contributed by atoms with E-state index in [9.17, 15) is 4.79 Å². The maximum atomic E-state index is 12.7. The van der Waals surface area contributed by atoms with Gasteiger partial charge in [0, 0.05) is 30.0 Å². The third-order valence-corrected chi connectivity index (χ3v) is 5.15. The van der Waals surface area contributed by atoms with Crippen LogP contribution in [0, 0.1) is 0 Å². The van der Waals surface area contributed by atoms with E-state index >= 15 is 0 Å². The van der Waals surface area contributed by atoms with Gasteiger partial charge in [0.2, 0.25) is 0 Å². The van der Waals surface area contributed by atoms with Gasteiger partial charge in [-0.1, -0.05) is 30.3 Å². The van der Waals surface area contributed by atoms with Gasteiger partial charge in [-0.15, -0.1) is 11.3 Å². The highest BCUT2D eigenvalue weighted by Crippen LogP contribution is 2.26. The number of carbonyl (C=O) groups is 1. The number of ether oxygens (including phenoxy) is 1. The highest BCUT2D eigenvalue weighted by molar-refractivity contribution is 7.12. The molecule has 0 unspecified atom stereocenters. The molecule has 26 heavy (non-hydrogen) atoms. The molecule has 1 aliphatic rings. The predicted molar refractivity (Wildman–Crippen MR) is 105 cm³/mol. The summed E-state index contributed by atoms with van der Waals surface area (Å²) in [6.45, 7) is 3.30. The van der Waals surface area contributed by atoms with Gasteiger partial charge >= 0.3 is 0 Å². The number of amides is 1. The molecule has 1 N–H and O–H groups in total. The first-order valence-electron chi connectivity index (χ1n) is 8.54. The molecule has 0 radical (unpaired) electrons. The lowest BCUT2D eigenvalue weighted by atomic mass is 10.1. The Balaban J connectivity index is 1.48. The summed E-state index contributed by atoms with van der Waals surface area (Å²) in [4.78, 5) is 20.0. The summed E-state index contributed by atoms with van der Waals surface area (Å²) >= 11 is 1.35. The van der Waals surface area contributed by atoms with E-state index in [0.717, 1.165) is 48.9 Å². The lowest BCUT2D eigenvalue weighted by Crippen LogP contribution is -2.36. The van der Waals surface area contributed by atoms with E-state index in [1.54, 1.807) is 5.51 Å². The van der Waals surface area contributed by atoms with Crippen molar-refractivity contribution in [1.82, 2.24) is 4.98 Å². The first-order chi connectivity index (χ1) is 12.8. The van der Waals surface area contributed by atoms with Crippen LogP contribution in [0.4, 0.5) is 11.4 Å². The summed E-state index contributed by atoms with van der Waals surface area (Å²) in [6, 6.07) is 17.7. The molecule has 1 saturated heterocycles. The summed E-state index contributed by atoms with van der Waals surface area (Å²) in [5.41, 5.74) is 5.30. The molecule has 132 valence electrons. The summed E-state index contributed by atoms with van der Waals surface area (Å²) in [7, 11) is 0. The Morgan fingerprint density at radius 3 is 2.50 bits per heavy atom. The van der Waals surface area contributed by atoms with Gasteiger partial charge in [0.05, 0.1) is 24.4 Å². The van der Waals surface area contributed by atoms with Crippen molar-refractivity contribution in [3.05, 3.63) is 65.0 Å². The van der Waals surface area contributed by atoms with Crippen LogP contribution in [-0.4, -0.2) is 37.2 Å². The molecular weight excluding hydrogens is 346 g/mol. The molecule has 5 nitrogen and oxygen atoms in total. The van der Waals surface area contributed by atoms with Gasteiger partial charge in [-0.3, -0.25) is 4.79 Å². The van der Waals surface area contributed by atoms with Gasteiger partial charge in [0.15, 0.2) is 0 Å². The Labute approximate surface area is 156 Å². The molecule has 1 amide bonds. The average molecular weight is 365 g/mol. The molecule has 1 fully saturated rings. The fraction of sp³-hybridized carbons (Fsp3) is 0.200. The third-order valence-electron chi connectivity index (χ3n) is 4.32. The van der Waals surface area contributed by atoms with E-state index < -0.39 is 0 Å². The summed E-state index contributed by atoms with van der Waals surface area (Å²) in [5.74, 6) is -0.134. The van der Waals surface area contributed by atoms with Crippen molar-refractivity contribution < 1.29 is 9.53 Å². The van der Waals surface area contributed by atoms with Crippen LogP contribution in [0.15, 0.2) is 60.1 Å². The number of benzene rings is 2. The second-order valence-electron chi connectivity index (χ2n) is 6.00. The van der Waals surface area contributed by atoms with Crippen molar-refractivity contribution in [2.45, 2.75) is 0 Å². The van der Waals surface area contributed by atoms with Crippen molar-refractivity contribution in [2.24, 2.45) is 0 Å². The van der Waals surface area contributed by atoms with E-state index in [1.165, 1.54) is 11.3 Å². The van der Waals surface area contributed by atoms with Crippen molar-refractivity contribution >= 4 is 28.6 Å². The number of aromatic nitrogens is 1. The molecule has 0 saturated carbocycles. The molecule has 0 bridgehead atoms. The Kier molecular flexibility index (Phi) is 4.95. The van der Waals surface area contributed by atoms with Crippen LogP contribution in [-0.2, 0) is 4.74 Å². The Morgan fingerprint density at radius 1 is 1.04 bits per heavy atom. The highest BCUT2D eigenvalue weighted by atomic mass is 32.1. The van der Waals surface area contributed by atoms with E-state index in [2.05, 4.69) is 15.2 Å². The largest absolute Gasteiger partial charge is 0.378 e. The molecular formula is C20H19N3O2S. The lowest BCUT2D eigenvalue weighted by molar-refractivity contribution is 0.103. The zero-order valence-electron chi connectivity index (χ0n) is 14.2. The monoisotopic (exact) mass is 365 g/mol. The molecule has 2 aromatic carbocycles. The van der Waals surface area contributed by atoms with E-state index in [1.807, 2.05) is 54.6 Å². The summed E-state index contributed by atoms with van der Waals surface area (Å²) in [5, 5.41) is 2.97. The van der Waals surface area contributed by atoms with Gasteiger partial charge in [-0.05, 0) is 24.3 Å². The molecule has 6 heteroatoms. The van der Waals surface area contributed by atoms with Gasteiger partial charge < -0.3 is 15.0 Å². The van der Waals surface area contributed by atoms with E-state index in [0.29, 0.717) is 4.88 Å². The molecule has 1 aliphatic heterocycles. The van der Waals surface area contributed by atoms with Crippen LogP contribution in [0.1, 0.15) is 9.67 Å². The van der Waals surface area contributed by atoms with E-state index in [-0.39, 0.29) is 5.91 Å². The maximum absolute atomic E-state index is 12.7. The Hall–Kier alpha value is -2.70. The predicted octanol–water partition coefficient (Wildman–Crippen LogP) is 3.90. The van der Waals surface area contributed by atoms with Crippen LogP contribution >= 0.6 is 11.3 Å². The molecule has 0 spiro atoms. The van der Waals surface area contributed by atoms with Gasteiger partial charge in [0.25, 0.3) is 5.91 Å². The van der Waals surface area contributed by atoms with Crippen molar-refractivity contribution in [2.75, 3.05) is 36.5 Å². The summed E-state index contributed by atoms with van der Waals surface area (Å²) in [6.07, 6.45) is 0. The molecule has 4 rings (SSSR count). The van der Waals surface area contributed by atoms with Gasteiger partial charge in [-0.2, -0.15) is 0 Å². The molecule has 0 atom stereocenters. The second kappa shape index (κ2) is 7.68. The number of nitrogens with zero attached hydrogens (tertiary/aromatic N) is 2. The molecule has 3 aromatic rings. The fourth-order valence-electron chi connectivity index (χ4n) is 2.97. The van der Waals surface area contributed by atoms with Crippen molar-refractivity contribution in [1.29, 1.82) is 0 Å². The number of thiazole rings is 1. The summed E-state index contributed by atoms with van der Waals surface area (Å²) < 4.78 is 5.38. The Morgan fingerprint density at radius 2 is 1.77 bits per heavy atom. The number of morpholine rings is 1. The number of carbonyl (C=O) groups excluding carboxylic acids is 1. The first-order valence-corrected chi connectivity index (χ1v) is 9.42. The number of rotatable bonds is 4. The smallest absolute Gasteiger partial charge is 0.268 e. The van der Waals surface area contributed by atoms with Crippen LogP contribution in [0.25, 0.3) is 11.3 Å². The quantitative estimate of drug-likeness (QED) is 0.762. The van der Waals surface area contributed by atoms with Crippen molar-refractivity contribution in [3.8, 4) is 11.3 Å². The van der Waals surface area contributed by atoms with Gasteiger partial charge in [-0.25, -0.2) is 4.98 Å². The number of nitrogens with one attached hydrogen (secondary N) is 1. The standard InChI is InChI=1S/C20H19N3O2S/c24-20(19-18(21-14-26-19)15-4-2-1-3-5-15)22-16-6-8-17(9-7-16)23-10-12-25-13-11-23/h1-9,14H,10-13H2,(H,22,24). The lowest BCUT2D eigenvalue weighted by Gasteiger charge is -2.28. The molecule has 1 aromatic heterocycles. The van der Waals surface area contributed by atoms with Gasteiger partial charge in [0.1, 0.15) is 4.88 Å². The second-order valence-corrected chi connectivity index (χ2v) is 6.85. The van der Waals surface area contributed by atoms with Crippen LogP contribution in [0.3, 0.4) is 0 Å². The number of hydrogen-bond donors (Lipinski definition) is 1. The zero-order valence-corrected chi connectivity index (χ0v) is 15.0. The van der Waals surface area contributed by atoms with Crippen LogP contribution < -0.4 is 10.2 Å². The topological polar surface area (TPSA) is 54.5 Å². The Bertz CT molecular complexity index is 872. The minimum atomic E-state index is -0.134. The van der Waals surface area contributed by atoms with Crippen LogP contribution in [0.2, 0.25) is 0 Å². The number of hydrogen-bond acceptors (Lipinski definition) is 5. The SMILES string of the molecule is O=C(Nc1ccc(N2CCOCC2)cc1)c1scnc1-c1ccccc1. The average Bonchev–Trinajstić information content (AvgIpc) is 3.20. The minimum absolute atomic E-state index is 0.134. The van der Waals surface area contributed by atoms with Crippen molar-refractivity contribution in [3.63, 3.8) is 0 Å². The number of anilines is 2. The molecule has 0 aliphatic carbocycles. The third kappa shape index (κ3) is 3.61. The molecule has 2 heterocycles. The normalized spacial score (nSPS) is 14.2.